The van der Waals surface area contributed by atoms with Gasteiger partial charge in [0.2, 0.25) is 5.91 Å². The van der Waals surface area contributed by atoms with Gasteiger partial charge in [-0.1, -0.05) is 48.5 Å². The van der Waals surface area contributed by atoms with Gasteiger partial charge in [-0.05, 0) is 30.0 Å². The molecule has 1 heterocycles. The summed E-state index contributed by atoms with van der Waals surface area (Å²) in [5.41, 5.74) is 8.86. The van der Waals surface area contributed by atoms with Crippen LogP contribution in [0.3, 0.4) is 0 Å². The lowest BCUT2D eigenvalue weighted by atomic mass is 9.91. The Bertz CT molecular complexity index is 865. The summed E-state index contributed by atoms with van der Waals surface area (Å²) in [7, 11) is 0. The third-order valence-electron chi connectivity index (χ3n) is 4.91. The molecule has 1 fully saturated rings. The Morgan fingerprint density at radius 1 is 1.12 bits per heavy atom. The van der Waals surface area contributed by atoms with Crippen LogP contribution in [0.5, 0.6) is 0 Å². The number of carbonyl (C=O) groups is 1. The molecule has 0 aliphatic heterocycles. The highest BCUT2D eigenvalue weighted by Gasteiger charge is 2.45. The van der Waals surface area contributed by atoms with Crippen LogP contribution in [0.4, 0.5) is 0 Å². The van der Waals surface area contributed by atoms with Gasteiger partial charge in [-0.25, -0.2) is 0 Å². The van der Waals surface area contributed by atoms with Crippen molar-refractivity contribution in [1.29, 1.82) is 0 Å². The van der Waals surface area contributed by atoms with E-state index < -0.39 is 5.54 Å². The number of aromatic amines is 1. The van der Waals surface area contributed by atoms with Gasteiger partial charge < -0.3 is 16.0 Å². The van der Waals surface area contributed by atoms with Crippen LogP contribution in [0.1, 0.15) is 29.9 Å². The highest BCUT2D eigenvalue weighted by molar-refractivity contribution is 5.89. The van der Waals surface area contributed by atoms with E-state index in [0.29, 0.717) is 6.54 Å². The molecule has 0 bridgehead atoms. The number of nitrogens with one attached hydrogen (secondary N) is 2. The maximum absolute atomic E-state index is 12.3. The zero-order chi connectivity index (χ0) is 16.6. The number of fused-ring (bicyclic) bond motifs is 1. The van der Waals surface area contributed by atoms with E-state index in [-0.39, 0.29) is 11.8 Å². The van der Waals surface area contributed by atoms with Crippen LogP contribution in [0, 0.1) is 0 Å². The quantitative estimate of drug-likeness (QED) is 0.676. The zero-order valence-corrected chi connectivity index (χ0v) is 13.5. The van der Waals surface area contributed by atoms with Crippen molar-refractivity contribution in [3.05, 3.63) is 71.9 Å². The minimum Gasteiger partial charge on any atom is -0.361 e. The van der Waals surface area contributed by atoms with E-state index >= 15 is 0 Å². The van der Waals surface area contributed by atoms with Crippen molar-refractivity contribution < 1.29 is 4.79 Å². The lowest BCUT2D eigenvalue weighted by Gasteiger charge is -2.19. The second kappa shape index (κ2) is 5.80. The normalized spacial score (nSPS) is 16.7. The number of carbonyl (C=O) groups excluding carboxylic acids is 1. The smallest absolute Gasteiger partial charge is 0.240 e. The average molecular weight is 319 g/mol. The number of para-hydroxylation sites is 1. The maximum Gasteiger partial charge on any atom is 0.240 e. The van der Waals surface area contributed by atoms with Crippen molar-refractivity contribution in [3.8, 4) is 0 Å². The first-order chi connectivity index (χ1) is 11.7. The summed E-state index contributed by atoms with van der Waals surface area (Å²) < 4.78 is 0. The summed E-state index contributed by atoms with van der Waals surface area (Å²) in [6.07, 6.45) is 3.60. The Hall–Kier alpha value is -2.59. The van der Waals surface area contributed by atoms with Crippen LogP contribution < -0.4 is 11.1 Å². The third-order valence-corrected chi connectivity index (χ3v) is 4.91. The van der Waals surface area contributed by atoms with Crippen molar-refractivity contribution in [2.75, 3.05) is 6.54 Å². The molecule has 0 saturated heterocycles. The van der Waals surface area contributed by atoms with E-state index in [1.54, 1.807) is 0 Å². The first kappa shape index (κ1) is 15.0. The second-order valence-electron chi connectivity index (χ2n) is 6.62. The van der Waals surface area contributed by atoms with E-state index in [2.05, 4.69) is 34.6 Å². The molecule has 1 aliphatic carbocycles. The van der Waals surface area contributed by atoms with Gasteiger partial charge in [-0.15, -0.1) is 0 Å². The summed E-state index contributed by atoms with van der Waals surface area (Å²) in [5.74, 6) is 0.0527. The molecule has 2 aromatic carbocycles. The van der Waals surface area contributed by atoms with Crippen LogP contribution in [-0.2, 0) is 4.79 Å². The molecular formula is C20H21N3O. The Kier molecular flexibility index (Phi) is 3.62. The van der Waals surface area contributed by atoms with Crippen molar-refractivity contribution in [2.24, 2.45) is 5.73 Å². The average Bonchev–Trinajstić information content (AvgIpc) is 3.24. The predicted molar refractivity (Wildman–Crippen MR) is 95.7 cm³/mol. The van der Waals surface area contributed by atoms with Gasteiger partial charge in [0.25, 0.3) is 0 Å². The molecule has 0 spiro atoms. The first-order valence-corrected chi connectivity index (χ1v) is 8.35. The van der Waals surface area contributed by atoms with Crippen molar-refractivity contribution in [2.45, 2.75) is 24.3 Å². The third kappa shape index (κ3) is 2.69. The number of rotatable bonds is 5. The molecule has 1 aromatic heterocycles. The SMILES string of the molecule is NC1(C(=O)NCC(c2ccccc2)c2c[nH]c3ccccc23)CC1. The number of nitrogens with two attached hydrogens (primary N) is 1. The molecule has 1 unspecified atom stereocenters. The summed E-state index contributed by atoms with van der Waals surface area (Å²) in [6.45, 7) is 0.545. The molecule has 122 valence electrons. The minimum atomic E-state index is -0.637. The molecule has 1 amide bonds. The predicted octanol–water partition coefficient (Wildman–Crippen LogP) is 2.91. The first-order valence-electron chi connectivity index (χ1n) is 8.35. The van der Waals surface area contributed by atoms with Gasteiger partial charge in [0.05, 0.1) is 5.54 Å². The van der Waals surface area contributed by atoms with Gasteiger partial charge in [0.15, 0.2) is 0 Å². The molecule has 1 atom stereocenters. The van der Waals surface area contributed by atoms with Crippen LogP contribution in [-0.4, -0.2) is 23.0 Å². The van der Waals surface area contributed by atoms with E-state index in [0.717, 1.165) is 18.4 Å². The Balaban J connectivity index is 1.67. The number of aromatic nitrogens is 1. The van der Waals surface area contributed by atoms with Gasteiger partial charge in [-0.2, -0.15) is 0 Å². The largest absolute Gasteiger partial charge is 0.361 e. The summed E-state index contributed by atoms with van der Waals surface area (Å²) in [5, 5.41) is 4.25. The highest BCUT2D eigenvalue weighted by Crippen LogP contribution is 2.33. The van der Waals surface area contributed by atoms with E-state index in [1.165, 1.54) is 16.5 Å². The molecule has 4 heteroatoms. The lowest BCUT2D eigenvalue weighted by molar-refractivity contribution is -0.123. The summed E-state index contributed by atoms with van der Waals surface area (Å²) >= 11 is 0. The van der Waals surface area contributed by atoms with Gasteiger partial charge >= 0.3 is 0 Å². The molecule has 3 aromatic rings. The molecule has 0 radical (unpaired) electrons. The van der Waals surface area contributed by atoms with Gasteiger partial charge in [0, 0.05) is 29.6 Å². The molecular weight excluding hydrogens is 298 g/mol. The molecule has 24 heavy (non-hydrogen) atoms. The molecule has 4 rings (SSSR count). The second-order valence-corrected chi connectivity index (χ2v) is 6.62. The number of benzene rings is 2. The van der Waals surface area contributed by atoms with Crippen LogP contribution in [0.15, 0.2) is 60.8 Å². The standard InChI is InChI=1S/C20H21N3O/c21-20(10-11-20)19(24)23-12-16(14-6-2-1-3-7-14)17-13-22-18-9-5-4-8-15(17)18/h1-9,13,16,22H,10-12,21H2,(H,23,24). The number of hydrogen-bond acceptors (Lipinski definition) is 2. The fourth-order valence-electron chi connectivity index (χ4n) is 3.21. The monoisotopic (exact) mass is 319 g/mol. The highest BCUT2D eigenvalue weighted by atomic mass is 16.2. The summed E-state index contributed by atoms with van der Waals surface area (Å²) in [6, 6.07) is 18.5. The van der Waals surface area contributed by atoms with Crippen molar-refractivity contribution in [1.82, 2.24) is 10.3 Å². The molecule has 1 saturated carbocycles. The molecule has 1 aliphatic rings. The Labute approximate surface area is 141 Å². The van der Waals surface area contributed by atoms with Crippen LogP contribution >= 0.6 is 0 Å². The Morgan fingerprint density at radius 3 is 2.58 bits per heavy atom. The number of H-pyrrole nitrogens is 1. The molecule has 4 nitrogen and oxygen atoms in total. The molecule has 4 N–H and O–H groups in total. The Morgan fingerprint density at radius 2 is 1.83 bits per heavy atom. The van der Waals surface area contributed by atoms with Crippen molar-refractivity contribution in [3.63, 3.8) is 0 Å². The number of hydrogen-bond donors (Lipinski definition) is 3. The fourth-order valence-corrected chi connectivity index (χ4v) is 3.21. The van der Waals surface area contributed by atoms with Gasteiger partial charge in [-0.3, -0.25) is 4.79 Å². The van der Waals surface area contributed by atoms with E-state index in [9.17, 15) is 4.79 Å². The van der Waals surface area contributed by atoms with Crippen LogP contribution in [0.25, 0.3) is 10.9 Å². The van der Waals surface area contributed by atoms with Crippen LogP contribution in [0.2, 0.25) is 0 Å². The fraction of sp³-hybridized carbons (Fsp3) is 0.250. The van der Waals surface area contributed by atoms with Crippen molar-refractivity contribution >= 4 is 16.8 Å². The zero-order valence-electron chi connectivity index (χ0n) is 13.5. The summed E-state index contributed by atoms with van der Waals surface area (Å²) in [4.78, 5) is 15.6. The van der Waals surface area contributed by atoms with E-state index in [1.807, 2.05) is 36.5 Å². The lowest BCUT2D eigenvalue weighted by Crippen LogP contribution is -2.44. The topological polar surface area (TPSA) is 70.9 Å². The number of amides is 1. The maximum atomic E-state index is 12.3. The van der Waals surface area contributed by atoms with Gasteiger partial charge in [0.1, 0.15) is 0 Å². The van der Waals surface area contributed by atoms with E-state index in [4.69, 9.17) is 5.73 Å². The minimum absolute atomic E-state index is 0.0386.